The van der Waals surface area contributed by atoms with Gasteiger partial charge in [0.1, 0.15) is 0 Å². The van der Waals surface area contributed by atoms with Crippen molar-refractivity contribution >= 4 is 5.91 Å². The lowest BCUT2D eigenvalue weighted by atomic mass is 10.0. The van der Waals surface area contributed by atoms with E-state index in [0.717, 1.165) is 24.0 Å². The van der Waals surface area contributed by atoms with E-state index >= 15 is 0 Å². The van der Waals surface area contributed by atoms with Gasteiger partial charge in [-0.15, -0.1) is 0 Å². The van der Waals surface area contributed by atoms with Crippen LogP contribution < -0.4 is 5.73 Å². The largest absolute Gasteiger partial charge is 0.341 e. The van der Waals surface area contributed by atoms with E-state index in [1.54, 1.807) is 4.90 Å². The molecule has 0 bridgehead atoms. The van der Waals surface area contributed by atoms with Gasteiger partial charge in [-0.1, -0.05) is 43.9 Å². The Hall–Kier alpha value is -1.79. The van der Waals surface area contributed by atoms with Crippen LogP contribution in [0.3, 0.4) is 0 Å². The van der Waals surface area contributed by atoms with Crippen LogP contribution in [-0.2, 0) is 11.3 Å². The number of rotatable bonds is 5. The van der Waals surface area contributed by atoms with Gasteiger partial charge in [-0.2, -0.15) is 0 Å². The second-order valence-corrected chi connectivity index (χ2v) is 4.87. The first-order valence-electron chi connectivity index (χ1n) is 7.15. The number of hydrogen-bond donors (Lipinski definition) is 1. The van der Waals surface area contributed by atoms with E-state index in [4.69, 9.17) is 5.73 Å². The van der Waals surface area contributed by atoms with Crippen molar-refractivity contribution in [3.8, 4) is 11.8 Å². The molecule has 0 saturated carbocycles. The van der Waals surface area contributed by atoms with Crippen LogP contribution >= 0.6 is 0 Å². The van der Waals surface area contributed by atoms with Crippen LogP contribution in [0.2, 0.25) is 0 Å². The second-order valence-electron chi connectivity index (χ2n) is 4.87. The molecule has 3 heteroatoms. The summed E-state index contributed by atoms with van der Waals surface area (Å²) >= 11 is 0. The maximum Gasteiger partial charge on any atom is 0.225 e. The van der Waals surface area contributed by atoms with Crippen molar-refractivity contribution in [1.29, 1.82) is 0 Å². The van der Waals surface area contributed by atoms with Crippen LogP contribution in [0.5, 0.6) is 0 Å². The minimum absolute atomic E-state index is 0.113. The minimum Gasteiger partial charge on any atom is -0.341 e. The lowest BCUT2D eigenvalue weighted by molar-refractivity contribution is -0.134. The van der Waals surface area contributed by atoms with E-state index in [9.17, 15) is 4.79 Å². The number of nitrogens with zero attached hydrogens (tertiary/aromatic N) is 1. The molecule has 0 aromatic heterocycles. The van der Waals surface area contributed by atoms with E-state index in [-0.39, 0.29) is 11.8 Å². The van der Waals surface area contributed by atoms with Gasteiger partial charge in [-0.25, -0.2) is 0 Å². The Morgan fingerprint density at radius 2 is 1.95 bits per heavy atom. The molecule has 20 heavy (non-hydrogen) atoms. The zero-order valence-electron chi connectivity index (χ0n) is 12.6. The number of benzene rings is 1. The molecule has 108 valence electrons. The minimum atomic E-state index is 0.113. The number of hydrogen-bond acceptors (Lipinski definition) is 2. The van der Waals surface area contributed by atoms with Crippen molar-refractivity contribution in [2.45, 2.75) is 33.2 Å². The summed E-state index contributed by atoms with van der Waals surface area (Å²) in [5.74, 6) is 6.25. The smallest absolute Gasteiger partial charge is 0.225 e. The van der Waals surface area contributed by atoms with Gasteiger partial charge >= 0.3 is 0 Å². The van der Waals surface area contributed by atoms with Crippen molar-refractivity contribution in [1.82, 2.24) is 4.90 Å². The van der Waals surface area contributed by atoms with Crippen molar-refractivity contribution in [3.63, 3.8) is 0 Å². The second kappa shape index (κ2) is 8.39. The number of carbonyl (C=O) groups is 1. The number of amides is 1. The van der Waals surface area contributed by atoms with Gasteiger partial charge in [0.25, 0.3) is 0 Å². The van der Waals surface area contributed by atoms with Gasteiger partial charge in [0.2, 0.25) is 5.91 Å². The van der Waals surface area contributed by atoms with Crippen molar-refractivity contribution in [3.05, 3.63) is 35.4 Å². The molecule has 0 heterocycles. The molecule has 0 aliphatic rings. The lowest BCUT2D eigenvalue weighted by Crippen LogP contribution is -2.32. The average molecular weight is 272 g/mol. The van der Waals surface area contributed by atoms with Crippen LogP contribution in [0.4, 0.5) is 0 Å². The predicted octanol–water partition coefficient (Wildman–Crippen LogP) is 2.39. The summed E-state index contributed by atoms with van der Waals surface area (Å²) in [5.41, 5.74) is 7.43. The summed E-state index contributed by atoms with van der Waals surface area (Å²) < 4.78 is 0. The van der Waals surface area contributed by atoms with Gasteiger partial charge in [0.05, 0.1) is 6.54 Å². The molecule has 0 radical (unpaired) electrons. The molecule has 0 fully saturated rings. The maximum absolute atomic E-state index is 12.3. The Morgan fingerprint density at radius 1 is 1.30 bits per heavy atom. The zero-order chi connectivity index (χ0) is 15.0. The summed E-state index contributed by atoms with van der Waals surface area (Å²) in [4.78, 5) is 14.1. The molecule has 2 N–H and O–H groups in total. The van der Waals surface area contributed by atoms with Crippen LogP contribution in [0.1, 0.15) is 37.8 Å². The third-order valence-corrected chi connectivity index (χ3v) is 3.46. The first kappa shape index (κ1) is 16.3. The molecule has 0 unspecified atom stereocenters. The zero-order valence-corrected chi connectivity index (χ0v) is 12.6. The molecule has 0 saturated heterocycles. The first-order valence-corrected chi connectivity index (χ1v) is 7.15. The number of nitrogens with two attached hydrogens (primary N) is 1. The highest BCUT2D eigenvalue weighted by atomic mass is 16.2. The van der Waals surface area contributed by atoms with Crippen LogP contribution in [-0.4, -0.2) is 24.4 Å². The maximum atomic E-state index is 12.3. The van der Waals surface area contributed by atoms with E-state index in [1.807, 2.05) is 31.3 Å². The highest BCUT2D eigenvalue weighted by Crippen LogP contribution is 2.15. The predicted molar refractivity (Wildman–Crippen MR) is 82.9 cm³/mol. The van der Waals surface area contributed by atoms with Crippen LogP contribution in [0.25, 0.3) is 0 Å². The fraction of sp³-hybridized carbons (Fsp3) is 0.471. The summed E-state index contributed by atoms with van der Waals surface area (Å²) in [6.07, 6.45) is 1.77. The molecule has 1 rings (SSSR count). The molecule has 1 aromatic rings. The van der Waals surface area contributed by atoms with Crippen LogP contribution in [0, 0.1) is 17.8 Å². The van der Waals surface area contributed by atoms with Crippen LogP contribution in [0.15, 0.2) is 24.3 Å². The normalized spacial score (nSPS) is 10.1. The Balaban J connectivity index is 2.85. The van der Waals surface area contributed by atoms with Crippen molar-refractivity contribution < 1.29 is 4.79 Å². The van der Waals surface area contributed by atoms with Gasteiger partial charge in [-0.05, 0) is 24.5 Å². The Kier molecular flexibility index (Phi) is 6.83. The number of carbonyl (C=O) groups excluding carboxylic acids is 1. The quantitative estimate of drug-likeness (QED) is 0.837. The molecular formula is C17H24N2O. The summed E-state index contributed by atoms with van der Waals surface area (Å²) in [7, 11) is 1.85. The van der Waals surface area contributed by atoms with E-state index < -0.39 is 0 Å². The SMILES string of the molecule is CCC(CC)C(=O)N(C)Cc1ccccc1C#CCN. The monoisotopic (exact) mass is 272 g/mol. The van der Waals surface area contributed by atoms with E-state index in [2.05, 4.69) is 25.7 Å². The average Bonchev–Trinajstić information content (AvgIpc) is 2.47. The molecule has 3 nitrogen and oxygen atoms in total. The Morgan fingerprint density at radius 3 is 2.55 bits per heavy atom. The van der Waals surface area contributed by atoms with Gasteiger partial charge in [-0.3, -0.25) is 4.79 Å². The molecule has 1 amide bonds. The molecule has 0 spiro atoms. The molecule has 0 aliphatic heterocycles. The van der Waals surface area contributed by atoms with Crippen molar-refractivity contribution in [2.75, 3.05) is 13.6 Å². The third-order valence-electron chi connectivity index (χ3n) is 3.46. The highest BCUT2D eigenvalue weighted by Gasteiger charge is 2.18. The lowest BCUT2D eigenvalue weighted by Gasteiger charge is -2.22. The third kappa shape index (κ3) is 4.40. The Bertz CT molecular complexity index is 495. The van der Waals surface area contributed by atoms with E-state index in [0.29, 0.717) is 13.1 Å². The summed E-state index contributed by atoms with van der Waals surface area (Å²) in [6.45, 7) is 5.04. The van der Waals surface area contributed by atoms with Gasteiger partial charge < -0.3 is 10.6 Å². The molecule has 0 atom stereocenters. The first-order chi connectivity index (χ1) is 9.63. The summed E-state index contributed by atoms with van der Waals surface area (Å²) in [5, 5.41) is 0. The fourth-order valence-electron chi connectivity index (χ4n) is 2.21. The molecular weight excluding hydrogens is 248 g/mol. The Labute approximate surface area is 122 Å². The molecule has 0 aliphatic carbocycles. The standard InChI is InChI=1S/C17H24N2O/c1-4-14(5-2)17(20)19(3)13-16-10-7-6-9-15(16)11-8-12-18/h6-7,9-10,14H,4-5,12-13,18H2,1-3H3. The summed E-state index contributed by atoms with van der Waals surface area (Å²) in [6, 6.07) is 7.90. The van der Waals surface area contributed by atoms with Gasteiger partial charge in [0.15, 0.2) is 0 Å². The highest BCUT2D eigenvalue weighted by molar-refractivity contribution is 5.78. The fourth-order valence-corrected chi connectivity index (χ4v) is 2.21. The van der Waals surface area contributed by atoms with Gasteiger partial charge in [0, 0.05) is 25.1 Å². The van der Waals surface area contributed by atoms with E-state index in [1.165, 1.54) is 0 Å². The van der Waals surface area contributed by atoms with Crippen molar-refractivity contribution in [2.24, 2.45) is 11.7 Å². The topological polar surface area (TPSA) is 46.3 Å². The molecule has 1 aromatic carbocycles.